The van der Waals surface area contributed by atoms with Gasteiger partial charge in [-0.15, -0.1) is 11.8 Å². The molecule has 0 bridgehead atoms. The van der Waals surface area contributed by atoms with Gasteiger partial charge in [0, 0.05) is 17.4 Å². The third-order valence-corrected chi connectivity index (χ3v) is 5.42. The van der Waals surface area contributed by atoms with Gasteiger partial charge < -0.3 is 4.74 Å². The molecule has 1 aliphatic rings. The maximum absolute atomic E-state index is 13.4. The van der Waals surface area contributed by atoms with Gasteiger partial charge in [0.1, 0.15) is 5.75 Å². The number of nitro benzene ring substituents is 1. The number of nitrogens with zero attached hydrogens (tertiary/aromatic N) is 2. The normalized spacial score (nSPS) is 14.2. The van der Waals surface area contributed by atoms with Crippen LogP contribution in [0.2, 0.25) is 0 Å². The van der Waals surface area contributed by atoms with Crippen molar-refractivity contribution in [3.05, 3.63) is 68.6 Å². The van der Waals surface area contributed by atoms with Gasteiger partial charge in [-0.2, -0.15) is 0 Å². The van der Waals surface area contributed by atoms with Gasteiger partial charge >= 0.3 is 0 Å². The van der Waals surface area contributed by atoms with Crippen molar-refractivity contribution in [2.45, 2.75) is 26.0 Å². The zero-order chi connectivity index (χ0) is 21.3. The SMILES string of the molecule is COc1ccc(C)cc1N1C(=O)C(SC(C)C)=C(c2ccc([N+](=O)[O-])cc2)C1=O. The van der Waals surface area contributed by atoms with E-state index in [0.717, 1.165) is 10.5 Å². The summed E-state index contributed by atoms with van der Waals surface area (Å²) in [7, 11) is 1.48. The molecule has 2 amide bonds. The number of amides is 2. The van der Waals surface area contributed by atoms with Crippen molar-refractivity contribution in [3.8, 4) is 5.75 Å². The van der Waals surface area contributed by atoms with Crippen LogP contribution in [0.1, 0.15) is 25.0 Å². The fraction of sp³-hybridized carbons (Fsp3) is 0.238. The number of methoxy groups -OCH3 is 1. The fourth-order valence-electron chi connectivity index (χ4n) is 3.05. The van der Waals surface area contributed by atoms with E-state index in [-0.39, 0.29) is 16.5 Å². The summed E-state index contributed by atoms with van der Waals surface area (Å²) in [4.78, 5) is 38.5. The molecule has 29 heavy (non-hydrogen) atoms. The highest BCUT2D eigenvalue weighted by molar-refractivity contribution is 8.04. The lowest BCUT2D eigenvalue weighted by atomic mass is 10.1. The Balaban J connectivity index is 2.13. The first kappa shape index (κ1) is 20.6. The first-order chi connectivity index (χ1) is 13.7. The molecule has 7 nitrogen and oxygen atoms in total. The summed E-state index contributed by atoms with van der Waals surface area (Å²) in [5.41, 5.74) is 1.88. The Labute approximate surface area is 172 Å². The van der Waals surface area contributed by atoms with Gasteiger partial charge in [0.2, 0.25) is 0 Å². The quantitative estimate of drug-likeness (QED) is 0.398. The van der Waals surface area contributed by atoms with Crippen molar-refractivity contribution >= 4 is 40.5 Å². The third kappa shape index (κ3) is 3.88. The van der Waals surface area contributed by atoms with Gasteiger partial charge in [0.05, 0.1) is 28.2 Å². The molecule has 0 unspecified atom stereocenters. The van der Waals surface area contributed by atoms with E-state index in [0.29, 0.717) is 21.9 Å². The van der Waals surface area contributed by atoms with E-state index in [9.17, 15) is 19.7 Å². The number of non-ortho nitro benzene ring substituents is 1. The number of hydrogen-bond donors (Lipinski definition) is 0. The molecule has 3 rings (SSSR count). The monoisotopic (exact) mass is 412 g/mol. The maximum Gasteiger partial charge on any atom is 0.272 e. The van der Waals surface area contributed by atoms with Crippen LogP contribution in [0, 0.1) is 17.0 Å². The number of hydrogen-bond acceptors (Lipinski definition) is 6. The van der Waals surface area contributed by atoms with E-state index in [1.54, 1.807) is 12.1 Å². The number of benzene rings is 2. The minimum atomic E-state index is -0.506. The number of nitro groups is 1. The highest BCUT2D eigenvalue weighted by Crippen LogP contribution is 2.42. The number of carbonyl (C=O) groups is 2. The second-order valence-corrected chi connectivity index (χ2v) is 8.38. The number of rotatable bonds is 6. The molecule has 0 atom stereocenters. The first-order valence-electron chi connectivity index (χ1n) is 8.93. The standard InChI is InChI=1S/C21H20N2O5S/c1-12(2)29-19-18(14-6-8-15(9-7-14)23(26)27)20(24)22(21(19)25)16-11-13(3)5-10-17(16)28-4/h5-12H,1-4H3. The van der Waals surface area contributed by atoms with Crippen molar-refractivity contribution in [3.63, 3.8) is 0 Å². The summed E-state index contributed by atoms with van der Waals surface area (Å²) < 4.78 is 5.36. The Morgan fingerprint density at radius 3 is 2.28 bits per heavy atom. The first-order valence-corrected chi connectivity index (χ1v) is 9.81. The Kier molecular flexibility index (Phi) is 5.74. The van der Waals surface area contributed by atoms with Crippen LogP contribution in [0.5, 0.6) is 5.75 Å². The molecule has 0 spiro atoms. The number of imide groups is 1. The molecule has 1 heterocycles. The molecular weight excluding hydrogens is 392 g/mol. The molecular formula is C21H20N2O5S. The van der Waals surface area contributed by atoms with Crippen molar-refractivity contribution < 1.29 is 19.2 Å². The van der Waals surface area contributed by atoms with Crippen LogP contribution in [-0.2, 0) is 9.59 Å². The van der Waals surface area contributed by atoms with E-state index in [1.165, 1.54) is 43.1 Å². The van der Waals surface area contributed by atoms with E-state index >= 15 is 0 Å². The molecule has 0 fully saturated rings. The molecule has 0 saturated heterocycles. The Hall–Kier alpha value is -3.13. The van der Waals surface area contributed by atoms with Crippen molar-refractivity contribution in [2.75, 3.05) is 12.0 Å². The zero-order valence-electron chi connectivity index (χ0n) is 16.5. The second kappa shape index (κ2) is 8.08. The molecule has 2 aromatic rings. The Morgan fingerprint density at radius 1 is 1.07 bits per heavy atom. The summed E-state index contributed by atoms with van der Waals surface area (Å²) in [6.07, 6.45) is 0. The molecule has 2 aromatic carbocycles. The molecule has 0 aliphatic carbocycles. The molecule has 0 radical (unpaired) electrons. The lowest BCUT2D eigenvalue weighted by Gasteiger charge is -2.19. The molecule has 8 heteroatoms. The van der Waals surface area contributed by atoms with Crippen LogP contribution in [-0.4, -0.2) is 29.1 Å². The van der Waals surface area contributed by atoms with Crippen LogP contribution in [0.3, 0.4) is 0 Å². The molecule has 0 aromatic heterocycles. The van der Waals surface area contributed by atoms with Crippen LogP contribution < -0.4 is 9.64 Å². The Morgan fingerprint density at radius 2 is 1.72 bits per heavy atom. The van der Waals surface area contributed by atoms with Crippen molar-refractivity contribution in [1.29, 1.82) is 0 Å². The lowest BCUT2D eigenvalue weighted by Crippen LogP contribution is -2.31. The highest BCUT2D eigenvalue weighted by Gasteiger charge is 2.41. The lowest BCUT2D eigenvalue weighted by molar-refractivity contribution is -0.384. The van der Waals surface area contributed by atoms with Gasteiger partial charge in [-0.3, -0.25) is 19.7 Å². The van der Waals surface area contributed by atoms with Crippen LogP contribution in [0.25, 0.3) is 5.57 Å². The average Bonchev–Trinajstić information content (AvgIpc) is 2.91. The van der Waals surface area contributed by atoms with Gasteiger partial charge in [-0.05, 0) is 42.3 Å². The van der Waals surface area contributed by atoms with E-state index in [2.05, 4.69) is 0 Å². The molecule has 1 aliphatic heterocycles. The third-order valence-electron chi connectivity index (χ3n) is 4.34. The number of thioether (sulfide) groups is 1. The predicted octanol–water partition coefficient (Wildman–Crippen LogP) is 4.34. The van der Waals surface area contributed by atoms with Crippen LogP contribution >= 0.6 is 11.8 Å². The van der Waals surface area contributed by atoms with E-state index < -0.39 is 16.7 Å². The summed E-state index contributed by atoms with van der Waals surface area (Å²) in [5, 5.41) is 11.0. The number of aryl methyl sites for hydroxylation is 1. The van der Waals surface area contributed by atoms with Crippen LogP contribution in [0.15, 0.2) is 47.4 Å². The fourth-order valence-corrected chi connectivity index (χ4v) is 4.04. The number of anilines is 1. The smallest absolute Gasteiger partial charge is 0.272 e. The molecule has 0 saturated carbocycles. The van der Waals surface area contributed by atoms with E-state index in [4.69, 9.17) is 4.74 Å². The van der Waals surface area contributed by atoms with Crippen LogP contribution in [0.4, 0.5) is 11.4 Å². The summed E-state index contributed by atoms with van der Waals surface area (Å²) in [6, 6.07) is 10.9. The van der Waals surface area contributed by atoms with Crippen molar-refractivity contribution in [1.82, 2.24) is 0 Å². The minimum Gasteiger partial charge on any atom is -0.495 e. The minimum absolute atomic E-state index is 0.0640. The molecule has 0 N–H and O–H groups in total. The number of ether oxygens (including phenoxy) is 1. The van der Waals surface area contributed by atoms with Crippen molar-refractivity contribution in [2.24, 2.45) is 0 Å². The summed E-state index contributed by atoms with van der Waals surface area (Å²) >= 11 is 1.30. The average molecular weight is 412 g/mol. The van der Waals surface area contributed by atoms with Gasteiger partial charge in [-0.25, -0.2) is 4.90 Å². The summed E-state index contributed by atoms with van der Waals surface area (Å²) in [6.45, 7) is 5.72. The maximum atomic E-state index is 13.4. The zero-order valence-corrected chi connectivity index (χ0v) is 17.3. The topological polar surface area (TPSA) is 89.8 Å². The highest BCUT2D eigenvalue weighted by atomic mass is 32.2. The largest absolute Gasteiger partial charge is 0.495 e. The van der Waals surface area contributed by atoms with Gasteiger partial charge in [0.15, 0.2) is 0 Å². The van der Waals surface area contributed by atoms with Gasteiger partial charge in [-0.1, -0.05) is 19.9 Å². The second-order valence-electron chi connectivity index (χ2n) is 6.80. The van der Waals surface area contributed by atoms with Gasteiger partial charge in [0.25, 0.3) is 17.5 Å². The Bertz CT molecular complexity index is 1030. The molecule has 150 valence electrons. The number of carbonyl (C=O) groups excluding carboxylic acids is 2. The predicted molar refractivity (Wildman–Crippen MR) is 113 cm³/mol. The van der Waals surface area contributed by atoms with E-state index in [1.807, 2.05) is 26.8 Å². The summed E-state index contributed by atoms with van der Waals surface area (Å²) in [5.74, 6) is -0.488.